The monoisotopic (exact) mass is 536 g/mol. The molecule has 0 radical (unpaired) electrons. The molecule has 0 spiro atoms. The van der Waals surface area contributed by atoms with Crippen LogP contribution in [0.1, 0.15) is 29.8 Å². The fourth-order valence-electron chi connectivity index (χ4n) is 4.16. The van der Waals surface area contributed by atoms with Crippen molar-refractivity contribution >= 4 is 28.3 Å². The zero-order valence-corrected chi connectivity index (χ0v) is 22.2. The van der Waals surface area contributed by atoms with Gasteiger partial charge in [-0.2, -0.15) is 0 Å². The molecule has 0 atom stereocenters. The second kappa shape index (κ2) is 11.1. The number of nitrogens with two attached hydrogens (primary N) is 1. The van der Waals surface area contributed by atoms with Crippen molar-refractivity contribution < 1.29 is 14.0 Å². The predicted octanol–water partition coefficient (Wildman–Crippen LogP) is 5.08. The molecule has 0 aliphatic carbocycles. The number of rotatable bonds is 8. The number of benzene rings is 3. The Kier molecular flexibility index (Phi) is 7.39. The second-order valence-corrected chi connectivity index (χ2v) is 10.2. The van der Waals surface area contributed by atoms with Gasteiger partial charge in [-0.15, -0.1) is 0 Å². The van der Waals surface area contributed by atoms with Crippen LogP contribution in [-0.4, -0.2) is 38.8 Å². The summed E-state index contributed by atoms with van der Waals surface area (Å²) in [6.45, 7) is 3.56. The van der Waals surface area contributed by atoms with Gasteiger partial charge in [0, 0.05) is 34.9 Å². The zero-order valence-electron chi connectivity index (χ0n) is 22.2. The van der Waals surface area contributed by atoms with Crippen LogP contribution in [0, 0.1) is 5.82 Å². The lowest BCUT2D eigenvalue weighted by molar-refractivity contribution is -0.120. The molecule has 5 N–H and O–H groups in total. The van der Waals surface area contributed by atoms with Gasteiger partial charge < -0.3 is 21.4 Å². The molecule has 0 saturated heterocycles. The Morgan fingerprint density at radius 2 is 1.70 bits per heavy atom. The Morgan fingerprint density at radius 1 is 0.950 bits per heavy atom. The van der Waals surface area contributed by atoms with Crippen molar-refractivity contribution in [2.75, 3.05) is 11.9 Å². The van der Waals surface area contributed by atoms with Gasteiger partial charge in [0.05, 0.1) is 17.4 Å². The summed E-state index contributed by atoms with van der Waals surface area (Å²) in [6.07, 6.45) is 4.00. The number of carbonyl (C=O) groups is 2. The molecule has 0 aliphatic rings. The number of H-pyrrole nitrogens is 1. The lowest BCUT2D eigenvalue weighted by atomic mass is 10.0. The maximum absolute atomic E-state index is 13.2. The molecule has 0 fully saturated rings. The SMILES string of the molecule is CC(C)(N)C(=O)Nc1cc(C(=O)NCCc2ccc(F)cc2)cc(-c2cnc(-c3cc4ccccc4cn3)[nH]2)c1. The highest BCUT2D eigenvalue weighted by Crippen LogP contribution is 2.27. The predicted molar refractivity (Wildman–Crippen MR) is 154 cm³/mol. The minimum absolute atomic E-state index is 0.307. The quantitative estimate of drug-likeness (QED) is 0.220. The fraction of sp³-hybridized carbons (Fsp3) is 0.161. The first-order chi connectivity index (χ1) is 19.2. The van der Waals surface area contributed by atoms with E-state index in [1.165, 1.54) is 12.1 Å². The first-order valence-corrected chi connectivity index (χ1v) is 12.8. The molecule has 0 unspecified atom stereocenters. The van der Waals surface area contributed by atoms with E-state index in [1.807, 2.05) is 30.3 Å². The highest BCUT2D eigenvalue weighted by Gasteiger charge is 2.23. The molecule has 5 rings (SSSR count). The van der Waals surface area contributed by atoms with E-state index >= 15 is 0 Å². The number of amides is 2. The van der Waals surface area contributed by atoms with E-state index in [9.17, 15) is 14.0 Å². The van der Waals surface area contributed by atoms with E-state index in [1.54, 1.807) is 56.6 Å². The standard InChI is InChI=1S/C31H29FN6O2/c1-31(2,33)30(40)37-25-14-22(13-23(15-25)29(39)34-12-11-19-7-9-24(32)10-8-19)27-18-36-28(38-27)26-16-20-5-3-4-6-21(20)17-35-26/h3-10,13-18H,11-12,33H2,1-2H3,(H,34,39)(H,36,38)(H,37,40). The number of nitrogens with one attached hydrogen (secondary N) is 3. The third-order valence-electron chi connectivity index (χ3n) is 6.41. The van der Waals surface area contributed by atoms with E-state index in [0.29, 0.717) is 47.0 Å². The minimum atomic E-state index is -1.11. The first kappa shape index (κ1) is 26.7. The van der Waals surface area contributed by atoms with E-state index < -0.39 is 11.4 Å². The molecule has 2 amide bonds. The van der Waals surface area contributed by atoms with Crippen LogP contribution in [0.2, 0.25) is 0 Å². The molecular formula is C31H29FN6O2. The van der Waals surface area contributed by atoms with E-state index in [4.69, 9.17) is 5.73 Å². The van der Waals surface area contributed by atoms with Crippen molar-refractivity contribution in [3.63, 3.8) is 0 Å². The number of aromatic amines is 1. The van der Waals surface area contributed by atoms with Crippen LogP contribution in [0.5, 0.6) is 0 Å². The van der Waals surface area contributed by atoms with Crippen molar-refractivity contribution in [1.82, 2.24) is 20.3 Å². The topological polar surface area (TPSA) is 126 Å². The number of nitrogens with zero attached hydrogens (tertiary/aromatic N) is 2. The Bertz CT molecular complexity index is 1690. The number of aromatic nitrogens is 3. The number of fused-ring (bicyclic) bond motifs is 1. The van der Waals surface area contributed by atoms with Crippen LogP contribution < -0.4 is 16.4 Å². The summed E-state index contributed by atoms with van der Waals surface area (Å²) in [7, 11) is 0. The van der Waals surface area contributed by atoms with Gasteiger partial charge in [-0.05, 0) is 67.6 Å². The van der Waals surface area contributed by atoms with Crippen LogP contribution in [0.3, 0.4) is 0 Å². The molecule has 0 aliphatic heterocycles. The molecule has 0 saturated carbocycles. The highest BCUT2D eigenvalue weighted by molar-refractivity contribution is 6.01. The Labute approximate surface area is 230 Å². The molecule has 5 aromatic rings. The van der Waals surface area contributed by atoms with Crippen LogP contribution in [0.15, 0.2) is 85.2 Å². The maximum atomic E-state index is 13.2. The largest absolute Gasteiger partial charge is 0.352 e. The maximum Gasteiger partial charge on any atom is 0.251 e. The molecule has 9 heteroatoms. The van der Waals surface area contributed by atoms with Gasteiger partial charge in [0.25, 0.3) is 5.91 Å². The van der Waals surface area contributed by atoms with E-state index in [2.05, 4.69) is 25.6 Å². The summed E-state index contributed by atoms with van der Waals surface area (Å²) < 4.78 is 13.2. The van der Waals surface area contributed by atoms with Crippen molar-refractivity contribution in [2.45, 2.75) is 25.8 Å². The van der Waals surface area contributed by atoms with Gasteiger partial charge in [-0.25, -0.2) is 9.37 Å². The number of anilines is 1. The molecule has 3 aromatic carbocycles. The van der Waals surface area contributed by atoms with Crippen molar-refractivity contribution in [2.24, 2.45) is 5.73 Å². The van der Waals surface area contributed by atoms with Gasteiger partial charge in [0.15, 0.2) is 5.82 Å². The number of halogens is 1. The Morgan fingerprint density at radius 3 is 2.45 bits per heavy atom. The lowest BCUT2D eigenvalue weighted by Crippen LogP contribution is -2.45. The Balaban J connectivity index is 1.41. The summed E-state index contributed by atoms with van der Waals surface area (Å²) in [4.78, 5) is 38.1. The molecule has 0 bridgehead atoms. The van der Waals surface area contributed by atoms with Gasteiger partial charge in [-0.3, -0.25) is 14.6 Å². The van der Waals surface area contributed by atoms with Gasteiger partial charge >= 0.3 is 0 Å². The van der Waals surface area contributed by atoms with Gasteiger partial charge in [0.1, 0.15) is 11.5 Å². The number of imidazole rings is 1. The number of hydrogen-bond acceptors (Lipinski definition) is 5. The highest BCUT2D eigenvalue weighted by atomic mass is 19.1. The van der Waals surface area contributed by atoms with Crippen molar-refractivity contribution in [3.8, 4) is 22.8 Å². The lowest BCUT2D eigenvalue weighted by Gasteiger charge is -2.18. The normalized spacial score (nSPS) is 11.4. The second-order valence-electron chi connectivity index (χ2n) is 10.2. The van der Waals surface area contributed by atoms with E-state index in [0.717, 1.165) is 16.3 Å². The number of hydrogen-bond donors (Lipinski definition) is 4. The molecule has 2 aromatic heterocycles. The number of carbonyl (C=O) groups excluding carboxylic acids is 2. The summed E-state index contributed by atoms with van der Waals surface area (Å²) >= 11 is 0. The summed E-state index contributed by atoms with van der Waals surface area (Å²) in [5.41, 5.74) is 8.51. The van der Waals surface area contributed by atoms with Crippen molar-refractivity contribution in [1.29, 1.82) is 0 Å². The summed E-state index contributed by atoms with van der Waals surface area (Å²) in [5, 5.41) is 7.77. The summed E-state index contributed by atoms with van der Waals surface area (Å²) in [6, 6.07) is 21.1. The smallest absolute Gasteiger partial charge is 0.251 e. The third-order valence-corrected chi connectivity index (χ3v) is 6.41. The number of pyridine rings is 1. The van der Waals surface area contributed by atoms with E-state index in [-0.39, 0.29) is 11.7 Å². The van der Waals surface area contributed by atoms with Gasteiger partial charge in [0.2, 0.25) is 5.91 Å². The van der Waals surface area contributed by atoms with Crippen molar-refractivity contribution in [3.05, 3.63) is 102 Å². The zero-order chi connectivity index (χ0) is 28.3. The molecular weight excluding hydrogens is 507 g/mol. The Hall–Kier alpha value is -4.89. The minimum Gasteiger partial charge on any atom is -0.352 e. The molecule has 8 nitrogen and oxygen atoms in total. The average Bonchev–Trinajstić information content (AvgIpc) is 3.44. The van der Waals surface area contributed by atoms with Crippen LogP contribution in [0.4, 0.5) is 10.1 Å². The van der Waals surface area contributed by atoms with Crippen LogP contribution >= 0.6 is 0 Å². The molecule has 2 heterocycles. The molecule has 40 heavy (non-hydrogen) atoms. The van der Waals surface area contributed by atoms with Gasteiger partial charge in [-0.1, -0.05) is 36.4 Å². The third kappa shape index (κ3) is 6.22. The summed E-state index contributed by atoms with van der Waals surface area (Å²) in [5.74, 6) is -0.442. The van der Waals surface area contributed by atoms with Crippen LogP contribution in [-0.2, 0) is 11.2 Å². The average molecular weight is 537 g/mol. The first-order valence-electron chi connectivity index (χ1n) is 12.8. The molecule has 202 valence electrons. The van der Waals surface area contributed by atoms with Crippen LogP contribution in [0.25, 0.3) is 33.5 Å². The fourth-order valence-corrected chi connectivity index (χ4v) is 4.16.